The Hall–Kier alpha value is -2.28. The SMILES string of the molecule is CC(=O)N1CCN(Cc2ccncc2)CCC1c1nc(C)no1. The molecule has 3 rings (SSSR count). The van der Waals surface area contributed by atoms with Crippen molar-refractivity contribution in [3.8, 4) is 0 Å². The van der Waals surface area contributed by atoms with Gasteiger partial charge in [-0.3, -0.25) is 14.7 Å². The van der Waals surface area contributed by atoms with E-state index in [4.69, 9.17) is 4.52 Å². The lowest BCUT2D eigenvalue weighted by molar-refractivity contribution is -0.131. The molecule has 2 aromatic rings. The topological polar surface area (TPSA) is 75.4 Å². The van der Waals surface area contributed by atoms with Gasteiger partial charge in [-0.25, -0.2) is 0 Å². The summed E-state index contributed by atoms with van der Waals surface area (Å²) in [4.78, 5) is 24.6. The van der Waals surface area contributed by atoms with Gasteiger partial charge in [0.15, 0.2) is 5.82 Å². The van der Waals surface area contributed by atoms with Gasteiger partial charge in [0.05, 0.1) is 0 Å². The van der Waals surface area contributed by atoms with Crippen LogP contribution in [-0.4, -0.2) is 50.5 Å². The van der Waals surface area contributed by atoms with Gasteiger partial charge >= 0.3 is 0 Å². The second-order valence-electron chi connectivity index (χ2n) is 5.83. The molecule has 1 aliphatic rings. The highest BCUT2D eigenvalue weighted by Crippen LogP contribution is 2.26. The van der Waals surface area contributed by atoms with E-state index in [1.54, 1.807) is 26.2 Å². The average molecular weight is 315 g/mol. The highest BCUT2D eigenvalue weighted by Gasteiger charge is 2.31. The Balaban J connectivity index is 1.73. The lowest BCUT2D eigenvalue weighted by Gasteiger charge is -2.25. The fraction of sp³-hybridized carbons (Fsp3) is 0.500. The molecule has 23 heavy (non-hydrogen) atoms. The first-order chi connectivity index (χ1) is 11.1. The predicted octanol–water partition coefficient (Wildman–Crippen LogP) is 1.57. The molecule has 7 nitrogen and oxygen atoms in total. The van der Waals surface area contributed by atoms with Gasteiger partial charge in [0, 0.05) is 45.5 Å². The minimum atomic E-state index is -0.142. The third-order valence-electron chi connectivity index (χ3n) is 4.14. The third-order valence-corrected chi connectivity index (χ3v) is 4.14. The summed E-state index contributed by atoms with van der Waals surface area (Å²) in [6, 6.07) is 3.90. The summed E-state index contributed by atoms with van der Waals surface area (Å²) >= 11 is 0. The number of amides is 1. The van der Waals surface area contributed by atoms with E-state index in [0.29, 0.717) is 18.3 Å². The Labute approximate surface area is 135 Å². The molecule has 1 saturated heterocycles. The number of aromatic nitrogens is 3. The lowest BCUT2D eigenvalue weighted by Crippen LogP contribution is -2.35. The first kappa shape index (κ1) is 15.6. The number of rotatable bonds is 3. The summed E-state index contributed by atoms with van der Waals surface area (Å²) in [5, 5.41) is 3.86. The minimum Gasteiger partial charge on any atom is -0.337 e. The Morgan fingerprint density at radius 3 is 2.74 bits per heavy atom. The van der Waals surface area contributed by atoms with Gasteiger partial charge < -0.3 is 9.42 Å². The van der Waals surface area contributed by atoms with Crippen LogP contribution in [0.1, 0.15) is 36.7 Å². The van der Waals surface area contributed by atoms with Crippen molar-refractivity contribution in [2.45, 2.75) is 32.9 Å². The molecule has 0 bridgehead atoms. The zero-order valence-electron chi connectivity index (χ0n) is 13.5. The molecule has 0 aromatic carbocycles. The predicted molar refractivity (Wildman–Crippen MR) is 83.3 cm³/mol. The molecule has 0 N–H and O–H groups in total. The molecular weight excluding hydrogens is 294 g/mol. The number of hydrogen-bond donors (Lipinski definition) is 0. The zero-order valence-corrected chi connectivity index (χ0v) is 13.5. The van der Waals surface area contributed by atoms with Crippen LogP contribution < -0.4 is 0 Å². The maximum Gasteiger partial charge on any atom is 0.249 e. The average Bonchev–Trinajstić information content (AvgIpc) is 2.85. The Morgan fingerprint density at radius 2 is 2.09 bits per heavy atom. The number of hydrogen-bond acceptors (Lipinski definition) is 6. The van der Waals surface area contributed by atoms with E-state index >= 15 is 0 Å². The van der Waals surface area contributed by atoms with Gasteiger partial charge in [0.25, 0.3) is 0 Å². The van der Waals surface area contributed by atoms with Crippen molar-refractivity contribution in [3.63, 3.8) is 0 Å². The van der Waals surface area contributed by atoms with Crippen molar-refractivity contribution in [2.24, 2.45) is 0 Å². The third kappa shape index (κ3) is 3.73. The second kappa shape index (κ2) is 6.87. The first-order valence-electron chi connectivity index (χ1n) is 7.82. The Morgan fingerprint density at radius 1 is 1.30 bits per heavy atom. The van der Waals surface area contributed by atoms with E-state index in [1.807, 2.05) is 17.0 Å². The molecule has 1 atom stereocenters. The van der Waals surface area contributed by atoms with E-state index in [2.05, 4.69) is 20.0 Å². The van der Waals surface area contributed by atoms with Gasteiger partial charge in [0.1, 0.15) is 6.04 Å². The Bertz CT molecular complexity index is 658. The minimum absolute atomic E-state index is 0.0385. The summed E-state index contributed by atoms with van der Waals surface area (Å²) in [5.41, 5.74) is 1.22. The van der Waals surface area contributed by atoms with E-state index in [-0.39, 0.29) is 11.9 Å². The van der Waals surface area contributed by atoms with Crippen molar-refractivity contribution in [2.75, 3.05) is 19.6 Å². The van der Waals surface area contributed by atoms with Crippen molar-refractivity contribution in [3.05, 3.63) is 41.8 Å². The van der Waals surface area contributed by atoms with Crippen LogP contribution in [0.5, 0.6) is 0 Å². The summed E-state index contributed by atoms with van der Waals surface area (Å²) in [7, 11) is 0. The largest absolute Gasteiger partial charge is 0.337 e. The standard InChI is InChI=1S/C16H21N5O2/c1-12-18-16(23-19-12)15-5-8-20(9-10-21(15)13(2)22)11-14-3-6-17-7-4-14/h3-4,6-7,15H,5,8-11H2,1-2H3. The summed E-state index contributed by atoms with van der Waals surface area (Å²) < 4.78 is 5.31. The fourth-order valence-corrected chi connectivity index (χ4v) is 2.96. The molecule has 3 heterocycles. The highest BCUT2D eigenvalue weighted by atomic mass is 16.5. The molecule has 122 valence electrons. The maximum absolute atomic E-state index is 12.0. The van der Waals surface area contributed by atoms with Crippen molar-refractivity contribution in [1.29, 1.82) is 0 Å². The number of aryl methyl sites for hydroxylation is 1. The van der Waals surface area contributed by atoms with E-state index in [0.717, 1.165) is 26.1 Å². The van der Waals surface area contributed by atoms with Gasteiger partial charge in [-0.15, -0.1) is 0 Å². The molecule has 2 aromatic heterocycles. The monoisotopic (exact) mass is 315 g/mol. The van der Waals surface area contributed by atoms with Crippen LogP contribution >= 0.6 is 0 Å². The highest BCUT2D eigenvalue weighted by molar-refractivity contribution is 5.73. The van der Waals surface area contributed by atoms with Gasteiger partial charge in [0.2, 0.25) is 11.8 Å². The zero-order chi connectivity index (χ0) is 16.2. The molecule has 1 fully saturated rings. The second-order valence-corrected chi connectivity index (χ2v) is 5.83. The van der Waals surface area contributed by atoms with Crippen LogP contribution in [0.4, 0.5) is 0 Å². The van der Waals surface area contributed by atoms with Gasteiger partial charge in [-0.2, -0.15) is 4.98 Å². The van der Waals surface area contributed by atoms with Gasteiger partial charge in [-0.05, 0) is 31.0 Å². The smallest absolute Gasteiger partial charge is 0.249 e. The van der Waals surface area contributed by atoms with Crippen LogP contribution in [0.25, 0.3) is 0 Å². The molecule has 7 heteroatoms. The molecule has 0 radical (unpaired) electrons. The molecule has 1 aliphatic heterocycles. The van der Waals surface area contributed by atoms with Crippen LogP contribution in [0.15, 0.2) is 29.0 Å². The number of carbonyl (C=O) groups excluding carboxylic acids is 1. The van der Waals surface area contributed by atoms with E-state index in [1.165, 1.54) is 5.56 Å². The summed E-state index contributed by atoms with van der Waals surface area (Å²) in [5.74, 6) is 1.17. The summed E-state index contributed by atoms with van der Waals surface area (Å²) in [6.07, 6.45) is 4.39. The van der Waals surface area contributed by atoms with Crippen molar-refractivity contribution >= 4 is 5.91 Å². The van der Waals surface area contributed by atoms with Crippen LogP contribution in [0.3, 0.4) is 0 Å². The van der Waals surface area contributed by atoms with E-state index < -0.39 is 0 Å². The summed E-state index contributed by atoms with van der Waals surface area (Å²) in [6.45, 7) is 6.59. The molecule has 0 saturated carbocycles. The molecule has 1 amide bonds. The normalized spacial score (nSPS) is 19.6. The van der Waals surface area contributed by atoms with Crippen molar-refractivity contribution < 1.29 is 9.32 Å². The molecule has 0 aliphatic carbocycles. The van der Waals surface area contributed by atoms with Crippen molar-refractivity contribution in [1.82, 2.24) is 24.9 Å². The number of pyridine rings is 1. The maximum atomic E-state index is 12.0. The molecule has 1 unspecified atom stereocenters. The lowest BCUT2D eigenvalue weighted by atomic mass is 10.1. The van der Waals surface area contributed by atoms with Crippen LogP contribution in [0, 0.1) is 6.92 Å². The van der Waals surface area contributed by atoms with Crippen LogP contribution in [-0.2, 0) is 11.3 Å². The number of nitrogens with zero attached hydrogens (tertiary/aromatic N) is 5. The van der Waals surface area contributed by atoms with Crippen LogP contribution in [0.2, 0.25) is 0 Å². The first-order valence-corrected chi connectivity index (χ1v) is 7.82. The number of carbonyl (C=O) groups is 1. The fourth-order valence-electron chi connectivity index (χ4n) is 2.96. The quantitative estimate of drug-likeness (QED) is 0.856. The van der Waals surface area contributed by atoms with E-state index in [9.17, 15) is 4.79 Å². The molecular formula is C16H21N5O2. The molecule has 0 spiro atoms. The van der Waals surface area contributed by atoms with Gasteiger partial charge in [-0.1, -0.05) is 5.16 Å². The Kier molecular flexibility index (Phi) is 4.66.